The summed E-state index contributed by atoms with van der Waals surface area (Å²) in [6.45, 7) is 7.39. The number of benzene rings is 1. The molecule has 114 valence electrons. The lowest BCUT2D eigenvalue weighted by molar-refractivity contribution is -0.163. The van der Waals surface area contributed by atoms with Gasteiger partial charge in [0.1, 0.15) is 11.0 Å². The maximum atomic E-state index is 12.5. The van der Waals surface area contributed by atoms with Crippen LogP contribution in [0.4, 0.5) is 0 Å². The number of ether oxygens (including phenoxy) is 1. The first kappa shape index (κ1) is 14.5. The fourth-order valence-electron chi connectivity index (χ4n) is 3.39. The number of fused-ring (bicyclic) bond motifs is 1. The number of piperidine rings is 1. The first-order valence-electron chi connectivity index (χ1n) is 7.60. The molecule has 1 aromatic rings. The van der Waals surface area contributed by atoms with Gasteiger partial charge < -0.3 is 10.5 Å². The van der Waals surface area contributed by atoms with Crippen LogP contribution in [0.25, 0.3) is 0 Å². The third-order valence-electron chi connectivity index (χ3n) is 4.54. The first-order valence-corrected chi connectivity index (χ1v) is 7.60. The maximum Gasteiger partial charge on any atom is 0.315 e. The van der Waals surface area contributed by atoms with Crippen molar-refractivity contribution in [3.05, 3.63) is 35.9 Å². The molecule has 1 heterocycles. The van der Waals surface area contributed by atoms with E-state index in [4.69, 9.17) is 10.5 Å². The van der Waals surface area contributed by atoms with Crippen LogP contribution in [0.5, 0.6) is 0 Å². The highest BCUT2D eigenvalue weighted by Crippen LogP contribution is 2.61. The van der Waals surface area contributed by atoms with Crippen molar-refractivity contribution in [1.82, 2.24) is 4.90 Å². The Balaban J connectivity index is 1.70. The van der Waals surface area contributed by atoms with Crippen LogP contribution in [-0.2, 0) is 16.1 Å². The Labute approximate surface area is 126 Å². The topological polar surface area (TPSA) is 55.6 Å². The fraction of sp³-hybridized carbons (Fsp3) is 0.588. The van der Waals surface area contributed by atoms with Gasteiger partial charge in [-0.25, -0.2) is 0 Å². The molecule has 1 aliphatic carbocycles. The molecule has 1 saturated carbocycles. The van der Waals surface area contributed by atoms with Crippen LogP contribution < -0.4 is 5.73 Å². The van der Waals surface area contributed by atoms with Gasteiger partial charge in [-0.1, -0.05) is 30.3 Å². The molecule has 3 atom stereocenters. The molecule has 0 aromatic heterocycles. The van der Waals surface area contributed by atoms with Crippen LogP contribution in [0, 0.1) is 11.3 Å². The zero-order valence-electron chi connectivity index (χ0n) is 13.0. The highest BCUT2D eigenvalue weighted by Gasteiger charge is 2.70. The van der Waals surface area contributed by atoms with Gasteiger partial charge in [-0.3, -0.25) is 9.69 Å². The van der Waals surface area contributed by atoms with Crippen LogP contribution in [0.2, 0.25) is 0 Å². The summed E-state index contributed by atoms with van der Waals surface area (Å²) in [5.41, 5.74) is 6.70. The molecule has 1 saturated heterocycles. The van der Waals surface area contributed by atoms with Gasteiger partial charge in [0.2, 0.25) is 0 Å². The van der Waals surface area contributed by atoms with E-state index in [1.807, 2.05) is 39.0 Å². The Hall–Kier alpha value is -1.39. The fourth-order valence-corrected chi connectivity index (χ4v) is 3.39. The van der Waals surface area contributed by atoms with E-state index in [0.29, 0.717) is 5.92 Å². The molecule has 0 spiro atoms. The minimum absolute atomic E-state index is 0.122. The maximum absolute atomic E-state index is 12.5. The summed E-state index contributed by atoms with van der Waals surface area (Å²) >= 11 is 0. The SMILES string of the molecule is CC(C)(C)OC(=O)C12CC1CN(Cc1ccccc1)C2N. The lowest BCUT2D eigenvalue weighted by atomic mass is 10.0. The lowest BCUT2D eigenvalue weighted by Crippen LogP contribution is -2.48. The van der Waals surface area contributed by atoms with Gasteiger partial charge in [-0.15, -0.1) is 0 Å². The van der Waals surface area contributed by atoms with Crippen molar-refractivity contribution in [1.29, 1.82) is 0 Å². The molecular weight excluding hydrogens is 264 g/mol. The number of nitrogens with two attached hydrogens (primary N) is 1. The van der Waals surface area contributed by atoms with Gasteiger partial charge in [0, 0.05) is 13.1 Å². The van der Waals surface area contributed by atoms with Crippen molar-refractivity contribution in [2.75, 3.05) is 6.54 Å². The molecule has 2 fully saturated rings. The van der Waals surface area contributed by atoms with E-state index in [0.717, 1.165) is 19.5 Å². The second-order valence-corrected chi connectivity index (χ2v) is 7.30. The Morgan fingerprint density at radius 3 is 2.67 bits per heavy atom. The average Bonchev–Trinajstić information content (AvgIpc) is 3.05. The average molecular weight is 288 g/mol. The minimum atomic E-state index is -0.470. The summed E-state index contributed by atoms with van der Waals surface area (Å²) in [7, 11) is 0. The summed E-state index contributed by atoms with van der Waals surface area (Å²) in [4.78, 5) is 14.7. The van der Waals surface area contributed by atoms with Gasteiger partial charge in [-0.2, -0.15) is 0 Å². The van der Waals surface area contributed by atoms with E-state index in [1.165, 1.54) is 5.56 Å². The van der Waals surface area contributed by atoms with Crippen LogP contribution >= 0.6 is 0 Å². The van der Waals surface area contributed by atoms with Crippen molar-refractivity contribution in [2.45, 2.75) is 45.5 Å². The monoisotopic (exact) mass is 288 g/mol. The molecule has 1 aliphatic heterocycles. The number of carbonyl (C=O) groups excluding carboxylic acids is 1. The second-order valence-electron chi connectivity index (χ2n) is 7.30. The molecule has 4 heteroatoms. The number of esters is 1. The Morgan fingerprint density at radius 1 is 1.38 bits per heavy atom. The molecule has 3 rings (SSSR count). The zero-order chi connectivity index (χ0) is 15.3. The number of carbonyl (C=O) groups is 1. The standard InChI is InChI=1S/C17H24N2O2/c1-16(2,3)21-15(20)17-9-13(17)11-19(14(17)18)10-12-7-5-4-6-8-12/h4-8,13-14H,9-11,18H2,1-3H3. The van der Waals surface area contributed by atoms with Gasteiger partial charge >= 0.3 is 5.97 Å². The molecule has 21 heavy (non-hydrogen) atoms. The van der Waals surface area contributed by atoms with Crippen molar-refractivity contribution in [3.63, 3.8) is 0 Å². The molecule has 4 nitrogen and oxygen atoms in total. The predicted octanol–water partition coefficient (Wildman–Crippen LogP) is 2.14. The normalized spacial score (nSPS) is 31.8. The molecule has 1 aromatic carbocycles. The summed E-state index contributed by atoms with van der Waals surface area (Å²) in [6.07, 6.45) is 0.631. The van der Waals surface area contributed by atoms with Gasteiger partial charge in [0.05, 0.1) is 6.17 Å². The van der Waals surface area contributed by atoms with Gasteiger partial charge in [-0.05, 0) is 38.7 Å². The highest BCUT2D eigenvalue weighted by molar-refractivity contribution is 5.82. The molecular formula is C17H24N2O2. The molecule has 2 N–H and O–H groups in total. The number of hydrogen-bond donors (Lipinski definition) is 1. The summed E-state index contributed by atoms with van der Waals surface area (Å²) < 4.78 is 5.59. The van der Waals surface area contributed by atoms with E-state index in [1.54, 1.807) is 0 Å². The second kappa shape index (κ2) is 4.82. The number of hydrogen-bond acceptors (Lipinski definition) is 4. The highest BCUT2D eigenvalue weighted by atomic mass is 16.6. The zero-order valence-corrected chi connectivity index (χ0v) is 13.0. The molecule has 2 aliphatic rings. The molecule has 0 amide bonds. The minimum Gasteiger partial charge on any atom is -0.459 e. The Bertz CT molecular complexity index is 537. The van der Waals surface area contributed by atoms with E-state index < -0.39 is 11.0 Å². The summed E-state index contributed by atoms with van der Waals surface area (Å²) in [5.74, 6) is 0.231. The van der Waals surface area contributed by atoms with E-state index >= 15 is 0 Å². The third-order valence-corrected chi connectivity index (χ3v) is 4.54. The van der Waals surface area contributed by atoms with E-state index in [2.05, 4.69) is 17.0 Å². The van der Waals surface area contributed by atoms with Gasteiger partial charge in [0.15, 0.2) is 0 Å². The predicted molar refractivity (Wildman–Crippen MR) is 81.2 cm³/mol. The quantitative estimate of drug-likeness (QED) is 0.866. The Kier molecular flexibility index (Phi) is 3.34. The van der Waals surface area contributed by atoms with E-state index in [9.17, 15) is 4.79 Å². The lowest BCUT2D eigenvalue weighted by Gasteiger charge is -2.30. The van der Waals surface area contributed by atoms with Crippen LogP contribution in [0.15, 0.2) is 30.3 Å². The van der Waals surface area contributed by atoms with Crippen LogP contribution in [0.1, 0.15) is 32.8 Å². The summed E-state index contributed by atoms with van der Waals surface area (Å²) in [5, 5.41) is 0. The summed E-state index contributed by atoms with van der Waals surface area (Å²) in [6, 6.07) is 10.3. The van der Waals surface area contributed by atoms with Gasteiger partial charge in [0.25, 0.3) is 0 Å². The van der Waals surface area contributed by atoms with Crippen molar-refractivity contribution < 1.29 is 9.53 Å². The molecule has 0 radical (unpaired) electrons. The van der Waals surface area contributed by atoms with Crippen molar-refractivity contribution in [3.8, 4) is 0 Å². The number of likely N-dealkylation sites (tertiary alicyclic amines) is 1. The third kappa shape index (κ3) is 2.58. The molecule has 0 bridgehead atoms. The van der Waals surface area contributed by atoms with E-state index in [-0.39, 0.29) is 12.1 Å². The van der Waals surface area contributed by atoms with Crippen molar-refractivity contribution >= 4 is 5.97 Å². The van der Waals surface area contributed by atoms with Crippen LogP contribution in [0.3, 0.4) is 0 Å². The molecule has 3 unspecified atom stereocenters. The number of rotatable bonds is 3. The van der Waals surface area contributed by atoms with Crippen molar-refractivity contribution in [2.24, 2.45) is 17.1 Å². The smallest absolute Gasteiger partial charge is 0.315 e. The Morgan fingerprint density at radius 2 is 2.05 bits per heavy atom. The van der Waals surface area contributed by atoms with Crippen LogP contribution in [-0.4, -0.2) is 29.2 Å². The largest absolute Gasteiger partial charge is 0.459 e. The number of nitrogens with zero attached hydrogens (tertiary/aromatic N) is 1. The first-order chi connectivity index (χ1) is 9.83.